The number of nitrogens with zero attached hydrogens (tertiary/aromatic N) is 2. The van der Waals surface area contributed by atoms with Gasteiger partial charge in [-0.1, -0.05) is 45.0 Å². The van der Waals surface area contributed by atoms with Crippen molar-refractivity contribution in [3.05, 3.63) is 59.3 Å². The van der Waals surface area contributed by atoms with Crippen LogP contribution in [-0.2, 0) is 27.9 Å². The smallest absolute Gasteiger partial charge is 0.336 e. The fraction of sp³-hybridized carbons (Fsp3) is 0.400. The predicted molar refractivity (Wildman–Crippen MR) is 126 cm³/mol. The molecule has 1 heterocycles. The number of esters is 1. The maximum absolute atomic E-state index is 12.8. The molecule has 1 unspecified atom stereocenters. The molecule has 1 aliphatic carbocycles. The average molecular weight is 451 g/mol. The van der Waals surface area contributed by atoms with Crippen LogP contribution < -0.4 is 10.6 Å². The monoisotopic (exact) mass is 450 g/mol. The van der Waals surface area contributed by atoms with Crippen molar-refractivity contribution in [3.63, 3.8) is 0 Å². The highest BCUT2D eigenvalue weighted by Gasteiger charge is 2.26. The molecule has 4 rings (SSSR count). The van der Waals surface area contributed by atoms with Crippen LogP contribution in [0.3, 0.4) is 0 Å². The molecule has 33 heavy (non-hydrogen) atoms. The first kappa shape index (κ1) is 22.8. The van der Waals surface area contributed by atoms with Crippen LogP contribution in [-0.4, -0.2) is 40.1 Å². The van der Waals surface area contributed by atoms with E-state index in [0.717, 1.165) is 12.8 Å². The van der Waals surface area contributed by atoms with Gasteiger partial charge in [0.1, 0.15) is 0 Å². The van der Waals surface area contributed by atoms with E-state index in [1.165, 1.54) is 28.5 Å². The summed E-state index contributed by atoms with van der Waals surface area (Å²) in [6.07, 6.45) is 2.09. The molecule has 0 radical (unpaired) electrons. The number of urea groups is 1. The van der Waals surface area contributed by atoms with Gasteiger partial charge in [0, 0.05) is 5.39 Å². The first-order valence-corrected chi connectivity index (χ1v) is 11.1. The standard InChI is InChI=1S/C25H30N4O4/c1-25(2,3)16-9-10-17-15(12-16)8-11-20(17)28-24(32)27-19-6-5-7-21-18(19)13-26-29(21)14-22(30)23(31)33-4/h5-7,9-10,12-13,20,22,30H,8,11,14H2,1-4H3,(H2,27,28,32)/t20-,22?/m1/s1. The number of nitrogens with one attached hydrogen (secondary N) is 2. The van der Waals surface area contributed by atoms with E-state index in [4.69, 9.17) is 0 Å². The number of hydrogen-bond acceptors (Lipinski definition) is 5. The fourth-order valence-electron chi connectivity index (χ4n) is 4.28. The van der Waals surface area contributed by atoms with Gasteiger partial charge in [0.05, 0.1) is 37.1 Å². The van der Waals surface area contributed by atoms with Crippen molar-refractivity contribution in [1.29, 1.82) is 0 Å². The number of carbonyl (C=O) groups excluding carboxylic acids is 2. The zero-order chi connectivity index (χ0) is 23.8. The van der Waals surface area contributed by atoms with Crippen LogP contribution in [0.15, 0.2) is 42.6 Å². The van der Waals surface area contributed by atoms with Gasteiger partial charge in [0.15, 0.2) is 6.10 Å². The van der Waals surface area contributed by atoms with E-state index in [1.807, 2.05) is 6.07 Å². The quantitative estimate of drug-likeness (QED) is 0.514. The van der Waals surface area contributed by atoms with Gasteiger partial charge < -0.3 is 20.5 Å². The molecule has 3 aromatic rings. The zero-order valence-corrected chi connectivity index (χ0v) is 19.4. The van der Waals surface area contributed by atoms with Crippen molar-refractivity contribution < 1.29 is 19.4 Å². The van der Waals surface area contributed by atoms with E-state index >= 15 is 0 Å². The molecule has 0 saturated heterocycles. The second-order valence-corrected chi connectivity index (χ2v) is 9.46. The number of hydrogen-bond donors (Lipinski definition) is 3. The minimum atomic E-state index is -1.32. The average Bonchev–Trinajstić information content (AvgIpc) is 3.37. The lowest BCUT2D eigenvalue weighted by Crippen LogP contribution is -2.31. The van der Waals surface area contributed by atoms with Gasteiger partial charge in [0.25, 0.3) is 0 Å². The van der Waals surface area contributed by atoms with Crippen LogP contribution in [0.1, 0.15) is 49.9 Å². The maximum Gasteiger partial charge on any atom is 0.336 e. The highest BCUT2D eigenvalue weighted by Crippen LogP contribution is 2.34. The van der Waals surface area contributed by atoms with Crippen molar-refractivity contribution in [3.8, 4) is 0 Å². The number of benzene rings is 2. The first-order chi connectivity index (χ1) is 15.7. The molecular formula is C25H30N4O4. The van der Waals surface area contributed by atoms with Gasteiger partial charge >= 0.3 is 12.0 Å². The lowest BCUT2D eigenvalue weighted by Gasteiger charge is -2.21. The second kappa shape index (κ2) is 8.86. The van der Waals surface area contributed by atoms with Crippen molar-refractivity contribution >= 4 is 28.6 Å². The summed E-state index contributed by atoms with van der Waals surface area (Å²) in [6.45, 7) is 6.56. The number of ether oxygens (including phenoxy) is 1. The van der Waals surface area contributed by atoms with Crippen molar-refractivity contribution in [1.82, 2.24) is 15.1 Å². The third-order valence-electron chi connectivity index (χ3n) is 6.15. The summed E-state index contributed by atoms with van der Waals surface area (Å²) < 4.78 is 6.08. The molecular weight excluding hydrogens is 420 g/mol. The van der Waals surface area contributed by atoms with Crippen LogP contribution in [0.4, 0.5) is 10.5 Å². The van der Waals surface area contributed by atoms with E-state index in [9.17, 15) is 14.7 Å². The first-order valence-electron chi connectivity index (χ1n) is 11.1. The highest BCUT2D eigenvalue weighted by atomic mass is 16.5. The van der Waals surface area contributed by atoms with Crippen molar-refractivity contribution in [2.24, 2.45) is 0 Å². The summed E-state index contributed by atoms with van der Waals surface area (Å²) in [4.78, 5) is 24.3. The lowest BCUT2D eigenvalue weighted by molar-refractivity contribution is -0.151. The molecule has 174 valence electrons. The van der Waals surface area contributed by atoms with E-state index in [-0.39, 0.29) is 24.0 Å². The Hall–Kier alpha value is -3.39. The summed E-state index contributed by atoms with van der Waals surface area (Å²) in [7, 11) is 1.22. The van der Waals surface area contributed by atoms with Crippen LogP contribution >= 0.6 is 0 Å². The number of rotatable bonds is 5. The zero-order valence-electron chi connectivity index (χ0n) is 19.4. The number of aliphatic hydroxyl groups is 1. The van der Waals surface area contributed by atoms with E-state index in [2.05, 4.69) is 59.4 Å². The molecule has 0 fully saturated rings. The Morgan fingerprint density at radius 1 is 1.27 bits per heavy atom. The largest absolute Gasteiger partial charge is 0.467 e. The summed E-state index contributed by atoms with van der Waals surface area (Å²) in [6, 6.07) is 11.6. The van der Waals surface area contributed by atoms with E-state index in [0.29, 0.717) is 16.6 Å². The molecule has 0 spiro atoms. The highest BCUT2D eigenvalue weighted by molar-refractivity contribution is 6.00. The lowest BCUT2D eigenvalue weighted by atomic mass is 9.85. The van der Waals surface area contributed by atoms with E-state index in [1.54, 1.807) is 18.3 Å². The summed E-state index contributed by atoms with van der Waals surface area (Å²) in [5.41, 5.74) is 5.14. The molecule has 0 saturated carbocycles. The summed E-state index contributed by atoms with van der Waals surface area (Å²) >= 11 is 0. The van der Waals surface area contributed by atoms with Gasteiger partial charge in [-0.15, -0.1) is 0 Å². The Kier molecular flexibility index (Phi) is 6.12. The Morgan fingerprint density at radius 3 is 2.79 bits per heavy atom. The van der Waals surface area contributed by atoms with Gasteiger partial charge in [-0.25, -0.2) is 9.59 Å². The Morgan fingerprint density at radius 2 is 2.06 bits per heavy atom. The number of fused-ring (bicyclic) bond motifs is 2. The molecule has 8 heteroatoms. The third-order valence-corrected chi connectivity index (χ3v) is 6.15. The number of carbonyl (C=O) groups is 2. The number of anilines is 1. The van der Waals surface area contributed by atoms with Crippen molar-refractivity contribution in [2.75, 3.05) is 12.4 Å². The SMILES string of the molecule is COC(=O)C(O)Cn1ncc2c(NC(=O)N[C@@H]3CCc4cc(C(C)(C)C)ccc43)cccc21. The molecule has 3 N–H and O–H groups in total. The third kappa shape index (κ3) is 4.71. The molecule has 8 nitrogen and oxygen atoms in total. The summed E-state index contributed by atoms with van der Waals surface area (Å²) in [5, 5.41) is 20.9. The molecule has 0 aliphatic heterocycles. The number of methoxy groups -OCH3 is 1. The second-order valence-electron chi connectivity index (χ2n) is 9.46. The molecule has 0 bridgehead atoms. The van der Waals surface area contributed by atoms with Crippen LogP contribution in [0, 0.1) is 0 Å². The molecule has 2 atom stereocenters. The van der Waals surface area contributed by atoms with Crippen LogP contribution in [0.25, 0.3) is 10.9 Å². The number of aryl methyl sites for hydroxylation is 1. The van der Waals surface area contributed by atoms with Gasteiger partial charge in [0.2, 0.25) is 0 Å². The number of amides is 2. The Bertz CT molecular complexity index is 1190. The van der Waals surface area contributed by atoms with Gasteiger partial charge in [-0.05, 0) is 47.1 Å². The van der Waals surface area contributed by atoms with Crippen molar-refractivity contribution in [2.45, 2.75) is 57.7 Å². The fourth-order valence-corrected chi connectivity index (χ4v) is 4.28. The Labute approximate surface area is 192 Å². The van der Waals surface area contributed by atoms with Gasteiger partial charge in [-0.3, -0.25) is 4.68 Å². The van der Waals surface area contributed by atoms with Crippen LogP contribution in [0.5, 0.6) is 0 Å². The topological polar surface area (TPSA) is 105 Å². The Balaban J connectivity index is 1.47. The minimum absolute atomic E-state index is 0.0360. The summed E-state index contributed by atoms with van der Waals surface area (Å²) in [5.74, 6) is -0.723. The van der Waals surface area contributed by atoms with Crippen LogP contribution in [0.2, 0.25) is 0 Å². The minimum Gasteiger partial charge on any atom is -0.467 e. The number of aromatic nitrogens is 2. The predicted octanol–water partition coefficient (Wildman–Crippen LogP) is 3.68. The molecule has 1 aliphatic rings. The molecule has 2 amide bonds. The molecule has 2 aromatic carbocycles. The van der Waals surface area contributed by atoms with E-state index < -0.39 is 12.1 Å². The maximum atomic E-state index is 12.8. The normalized spacial score (nSPS) is 16.3. The molecule has 1 aromatic heterocycles. The number of aliphatic hydroxyl groups excluding tert-OH is 1. The van der Waals surface area contributed by atoms with Gasteiger partial charge in [-0.2, -0.15) is 5.10 Å².